The lowest BCUT2D eigenvalue weighted by molar-refractivity contribution is 0.297. The molecule has 0 saturated carbocycles. The molecule has 132 valence electrons. The number of aliphatic hydroxyl groups is 1. The molecule has 2 aromatic carbocycles. The van der Waals surface area contributed by atoms with E-state index in [4.69, 9.17) is 4.74 Å². The van der Waals surface area contributed by atoms with Crippen molar-refractivity contribution in [1.29, 1.82) is 0 Å². The van der Waals surface area contributed by atoms with Crippen LogP contribution in [0.3, 0.4) is 0 Å². The highest BCUT2D eigenvalue weighted by Crippen LogP contribution is 2.26. The van der Waals surface area contributed by atoms with E-state index in [-0.39, 0.29) is 6.61 Å². The summed E-state index contributed by atoms with van der Waals surface area (Å²) in [5.41, 5.74) is 3.34. The molecule has 1 N–H and O–H groups in total. The maximum absolute atomic E-state index is 9.24. The number of aromatic nitrogens is 5. The Kier molecular flexibility index (Phi) is 4.59. The van der Waals surface area contributed by atoms with Gasteiger partial charge in [0.1, 0.15) is 34.1 Å². The van der Waals surface area contributed by atoms with Crippen molar-refractivity contribution in [2.45, 2.75) is 20.0 Å². The molecule has 2 aromatic heterocycles. The molecule has 0 aliphatic heterocycles. The SMILES string of the molecule is Cc1nnc(COc2ccc(CCO)cc2-n2nc3ccccc3n2)s1. The van der Waals surface area contributed by atoms with E-state index in [9.17, 15) is 5.11 Å². The first-order chi connectivity index (χ1) is 12.7. The maximum Gasteiger partial charge on any atom is 0.155 e. The van der Waals surface area contributed by atoms with E-state index >= 15 is 0 Å². The zero-order valence-corrected chi connectivity index (χ0v) is 15.0. The smallest absolute Gasteiger partial charge is 0.155 e. The molecule has 0 spiro atoms. The first-order valence-corrected chi connectivity index (χ1v) is 9.02. The van der Waals surface area contributed by atoms with Crippen molar-refractivity contribution in [3.8, 4) is 11.4 Å². The number of rotatable bonds is 6. The summed E-state index contributed by atoms with van der Waals surface area (Å²) in [6.07, 6.45) is 0.559. The molecule has 2 heterocycles. The van der Waals surface area contributed by atoms with E-state index in [0.717, 1.165) is 32.3 Å². The molecular formula is C18H17N5O2S. The molecule has 4 aromatic rings. The van der Waals surface area contributed by atoms with Gasteiger partial charge in [0.05, 0.1) is 0 Å². The predicted molar refractivity (Wildman–Crippen MR) is 98.6 cm³/mol. The minimum Gasteiger partial charge on any atom is -0.484 e. The Labute approximate surface area is 153 Å². The number of fused-ring (bicyclic) bond motifs is 1. The van der Waals surface area contributed by atoms with Crippen molar-refractivity contribution in [2.75, 3.05) is 6.61 Å². The van der Waals surface area contributed by atoms with Gasteiger partial charge in [-0.2, -0.15) is 0 Å². The molecule has 0 amide bonds. The van der Waals surface area contributed by atoms with E-state index in [2.05, 4.69) is 20.4 Å². The summed E-state index contributed by atoms with van der Waals surface area (Å²) in [7, 11) is 0. The molecule has 4 rings (SSSR count). The van der Waals surface area contributed by atoms with Crippen LogP contribution in [0.4, 0.5) is 0 Å². The van der Waals surface area contributed by atoms with Crippen LogP contribution in [-0.2, 0) is 13.0 Å². The summed E-state index contributed by atoms with van der Waals surface area (Å²) >= 11 is 1.51. The summed E-state index contributed by atoms with van der Waals surface area (Å²) in [5, 5.41) is 28.1. The third kappa shape index (κ3) is 3.42. The fourth-order valence-electron chi connectivity index (χ4n) is 2.63. The van der Waals surface area contributed by atoms with Gasteiger partial charge < -0.3 is 9.84 Å². The zero-order valence-electron chi connectivity index (χ0n) is 14.2. The van der Waals surface area contributed by atoms with E-state index in [0.29, 0.717) is 18.8 Å². The monoisotopic (exact) mass is 367 g/mol. The van der Waals surface area contributed by atoms with Gasteiger partial charge in [-0.3, -0.25) is 0 Å². The molecule has 0 bridgehead atoms. The van der Waals surface area contributed by atoms with Crippen LogP contribution in [0.5, 0.6) is 5.75 Å². The second kappa shape index (κ2) is 7.19. The van der Waals surface area contributed by atoms with Gasteiger partial charge in [-0.1, -0.05) is 29.5 Å². The van der Waals surface area contributed by atoms with Crippen LogP contribution in [0, 0.1) is 6.92 Å². The molecule has 26 heavy (non-hydrogen) atoms. The van der Waals surface area contributed by atoms with E-state index in [1.807, 2.05) is 49.4 Å². The van der Waals surface area contributed by atoms with E-state index < -0.39 is 0 Å². The second-order valence-electron chi connectivity index (χ2n) is 5.76. The lowest BCUT2D eigenvalue weighted by Crippen LogP contribution is -2.05. The molecule has 0 unspecified atom stereocenters. The first kappa shape index (κ1) is 16.6. The third-order valence-corrected chi connectivity index (χ3v) is 4.66. The maximum atomic E-state index is 9.24. The van der Waals surface area contributed by atoms with Crippen LogP contribution in [0.15, 0.2) is 42.5 Å². The fraction of sp³-hybridized carbons (Fsp3) is 0.222. The van der Waals surface area contributed by atoms with Crippen molar-refractivity contribution < 1.29 is 9.84 Å². The molecule has 0 radical (unpaired) electrons. The van der Waals surface area contributed by atoms with Crippen LogP contribution in [-0.4, -0.2) is 36.9 Å². The summed E-state index contributed by atoms with van der Waals surface area (Å²) in [4.78, 5) is 1.58. The molecule has 0 saturated heterocycles. The highest BCUT2D eigenvalue weighted by molar-refractivity contribution is 7.11. The summed E-state index contributed by atoms with van der Waals surface area (Å²) in [6.45, 7) is 2.33. The molecule has 0 fully saturated rings. The minimum absolute atomic E-state index is 0.0816. The summed E-state index contributed by atoms with van der Waals surface area (Å²) in [6, 6.07) is 13.4. The quantitative estimate of drug-likeness (QED) is 0.564. The van der Waals surface area contributed by atoms with Crippen molar-refractivity contribution in [3.63, 3.8) is 0 Å². The lowest BCUT2D eigenvalue weighted by Gasteiger charge is -2.11. The van der Waals surface area contributed by atoms with Crippen LogP contribution in [0.2, 0.25) is 0 Å². The van der Waals surface area contributed by atoms with Gasteiger partial charge in [0.15, 0.2) is 5.01 Å². The van der Waals surface area contributed by atoms with Crippen molar-refractivity contribution >= 4 is 22.4 Å². The molecule has 0 aliphatic carbocycles. The lowest BCUT2D eigenvalue weighted by atomic mass is 10.1. The summed E-state index contributed by atoms with van der Waals surface area (Å²) in [5.74, 6) is 0.653. The van der Waals surface area contributed by atoms with Crippen molar-refractivity contribution in [3.05, 3.63) is 58.0 Å². The highest BCUT2D eigenvalue weighted by atomic mass is 32.1. The molecule has 0 atom stereocenters. The average molecular weight is 367 g/mol. The number of aryl methyl sites for hydroxylation is 1. The second-order valence-corrected chi connectivity index (χ2v) is 7.02. The Morgan fingerprint density at radius 2 is 1.85 bits per heavy atom. The Morgan fingerprint density at radius 3 is 2.50 bits per heavy atom. The highest BCUT2D eigenvalue weighted by Gasteiger charge is 2.13. The predicted octanol–water partition coefficient (Wildman–Crippen LogP) is 2.69. The Balaban J connectivity index is 1.70. The van der Waals surface area contributed by atoms with Crippen LogP contribution < -0.4 is 4.74 Å². The first-order valence-electron chi connectivity index (χ1n) is 8.21. The summed E-state index contributed by atoms with van der Waals surface area (Å²) < 4.78 is 5.96. The minimum atomic E-state index is 0.0816. The van der Waals surface area contributed by atoms with E-state index in [1.165, 1.54) is 11.3 Å². The standard InChI is InChI=1S/C18H17N5O2S/c1-12-19-20-18(26-12)11-25-17-7-6-13(8-9-24)10-16(17)23-21-14-4-2-3-5-15(14)22-23/h2-7,10,24H,8-9,11H2,1H3. The average Bonchev–Trinajstić information content (AvgIpc) is 3.26. The van der Waals surface area contributed by atoms with Gasteiger partial charge in [0.2, 0.25) is 0 Å². The van der Waals surface area contributed by atoms with Gasteiger partial charge in [-0.15, -0.1) is 25.2 Å². The normalized spacial score (nSPS) is 11.2. The molecule has 8 heteroatoms. The topological polar surface area (TPSA) is 86.0 Å². The van der Waals surface area contributed by atoms with Crippen LogP contribution in [0.25, 0.3) is 16.7 Å². The number of hydrogen-bond acceptors (Lipinski definition) is 7. The Hall–Kier alpha value is -2.84. The number of hydrogen-bond donors (Lipinski definition) is 1. The molecular weight excluding hydrogens is 350 g/mol. The zero-order chi connectivity index (χ0) is 17.9. The van der Waals surface area contributed by atoms with Crippen LogP contribution in [0.1, 0.15) is 15.6 Å². The fourth-order valence-corrected chi connectivity index (χ4v) is 3.25. The Bertz CT molecular complexity index is 1010. The van der Waals surface area contributed by atoms with Gasteiger partial charge in [0, 0.05) is 6.61 Å². The Morgan fingerprint density at radius 1 is 1.08 bits per heavy atom. The number of nitrogens with zero attached hydrogens (tertiary/aromatic N) is 5. The van der Waals surface area contributed by atoms with Gasteiger partial charge >= 0.3 is 0 Å². The van der Waals surface area contributed by atoms with Gasteiger partial charge in [-0.05, 0) is 43.2 Å². The van der Waals surface area contributed by atoms with Gasteiger partial charge in [0.25, 0.3) is 0 Å². The van der Waals surface area contributed by atoms with Gasteiger partial charge in [-0.25, -0.2) is 0 Å². The molecule has 0 aliphatic rings. The molecule has 7 nitrogen and oxygen atoms in total. The number of benzene rings is 2. The van der Waals surface area contributed by atoms with E-state index in [1.54, 1.807) is 4.80 Å². The number of ether oxygens (including phenoxy) is 1. The van der Waals surface area contributed by atoms with Crippen LogP contribution >= 0.6 is 11.3 Å². The largest absolute Gasteiger partial charge is 0.484 e. The third-order valence-electron chi connectivity index (χ3n) is 3.84. The number of aliphatic hydroxyl groups excluding tert-OH is 1. The van der Waals surface area contributed by atoms with Crippen molar-refractivity contribution in [1.82, 2.24) is 25.2 Å². The van der Waals surface area contributed by atoms with Crippen molar-refractivity contribution in [2.24, 2.45) is 0 Å².